The van der Waals surface area contributed by atoms with Crippen LogP contribution in [0.15, 0.2) is 54.6 Å². The van der Waals surface area contributed by atoms with Gasteiger partial charge in [0.2, 0.25) is 11.8 Å². The van der Waals surface area contributed by atoms with E-state index in [1.54, 1.807) is 0 Å². The van der Waals surface area contributed by atoms with Crippen molar-refractivity contribution in [2.24, 2.45) is 11.7 Å². The van der Waals surface area contributed by atoms with Gasteiger partial charge in [-0.2, -0.15) is 0 Å². The molecule has 2 aliphatic rings. The normalized spacial score (nSPS) is 18.1. The molecule has 0 radical (unpaired) electrons. The number of rotatable bonds is 3. The van der Waals surface area contributed by atoms with Gasteiger partial charge in [0.25, 0.3) is 0 Å². The molecule has 1 unspecified atom stereocenters. The molecule has 4 rings (SSSR count). The maximum atomic E-state index is 12.1. The van der Waals surface area contributed by atoms with Gasteiger partial charge in [-0.15, -0.1) is 0 Å². The van der Waals surface area contributed by atoms with Crippen LogP contribution < -0.4 is 5.73 Å². The molecule has 1 heterocycles. The number of benzene rings is 2. The number of likely N-dealkylation sites (tertiary alicyclic amines) is 1. The third kappa shape index (κ3) is 8.88. The monoisotopic (exact) mass is 434 g/mol. The topological polar surface area (TPSA) is 63.4 Å². The lowest BCUT2D eigenvalue weighted by atomic mass is 9.94. The Hall–Kier alpha value is -2.04. The molecule has 156 valence electrons. The highest BCUT2D eigenvalue weighted by Gasteiger charge is 2.33. The number of halogens is 2. The Morgan fingerprint density at radius 2 is 1.55 bits per heavy atom. The van der Waals surface area contributed by atoms with Gasteiger partial charge in [-0.05, 0) is 61.4 Å². The van der Waals surface area contributed by atoms with E-state index in [0.29, 0.717) is 5.91 Å². The second-order valence-corrected chi connectivity index (χ2v) is 8.23. The summed E-state index contributed by atoms with van der Waals surface area (Å²) >= 11 is 11.5. The van der Waals surface area contributed by atoms with Crippen molar-refractivity contribution in [1.29, 1.82) is 0 Å². The fourth-order valence-electron chi connectivity index (χ4n) is 3.17. The summed E-state index contributed by atoms with van der Waals surface area (Å²) in [5.41, 5.74) is 5.70. The molecule has 0 bridgehead atoms. The molecule has 4 nitrogen and oxygen atoms in total. The maximum absolute atomic E-state index is 12.1. The quantitative estimate of drug-likeness (QED) is 0.679. The lowest BCUT2D eigenvalue weighted by molar-refractivity contribution is -0.136. The van der Waals surface area contributed by atoms with Crippen LogP contribution in [0, 0.1) is 5.92 Å². The first kappa shape index (κ1) is 23.2. The average Bonchev–Trinajstić information content (AvgIpc) is 3.49. The number of carbonyl (C=O) groups excluding carboxylic acids is 2. The smallest absolute Gasteiger partial charge is 0.223 e. The van der Waals surface area contributed by atoms with Crippen LogP contribution in [-0.2, 0) is 9.59 Å². The third-order valence-corrected chi connectivity index (χ3v) is 5.21. The van der Waals surface area contributed by atoms with E-state index >= 15 is 0 Å². The molecule has 1 atom stereocenters. The number of nitrogens with two attached hydrogens (primary N) is 1. The van der Waals surface area contributed by atoms with E-state index in [2.05, 4.69) is 22.8 Å². The number of piperidine rings is 1. The van der Waals surface area contributed by atoms with E-state index in [0.717, 1.165) is 41.8 Å². The molecule has 1 aliphatic heterocycles. The second kappa shape index (κ2) is 11.8. The Labute approximate surface area is 183 Å². The van der Waals surface area contributed by atoms with Crippen molar-refractivity contribution in [3.8, 4) is 0 Å². The van der Waals surface area contributed by atoms with Crippen LogP contribution in [0.2, 0.25) is 10.0 Å². The highest BCUT2D eigenvalue weighted by molar-refractivity contribution is 6.30. The minimum Gasteiger partial charge on any atom is -0.370 e. The first-order chi connectivity index (χ1) is 13.9. The highest BCUT2D eigenvalue weighted by Crippen LogP contribution is 2.37. The molecule has 2 amide bonds. The maximum Gasteiger partial charge on any atom is 0.223 e. The van der Waals surface area contributed by atoms with Gasteiger partial charge in [0.05, 0.1) is 6.04 Å². The standard InChI is InChI=1S/C15H18ClNO.C6H5Cl.C2H5NO/c16-13-8-6-12(7-9-13)14-2-1-3-15(18)17(14)10-11-4-5-11;7-6-4-2-1-3-5-6;1-2(3)4/h6-9,11,14H,1-5,10H2;1-5H;1H3,(H2,3,4). The zero-order chi connectivity index (χ0) is 21.2. The Balaban J connectivity index is 0.000000226. The molecule has 2 fully saturated rings. The lowest BCUT2D eigenvalue weighted by Gasteiger charge is -2.36. The number of hydrogen-bond acceptors (Lipinski definition) is 2. The SMILES string of the molecule is CC(N)=O.Clc1ccccc1.O=C1CCCC(c2ccc(Cl)cc2)N1CC1CC1. The summed E-state index contributed by atoms with van der Waals surface area (Å²) in [4.78, 5) is 23.4. The van der Waals surface area contributed by atoms with Crippen molar-refractivity contribution < 1.29 is 9.59 Å². The van der Waals surface area contributed by atoms with Gasteiger partial charge in [0.1, 0.15) is 0 Å². The van der Waals surface area contributed by atoms with Gasteiger partial charge in [0, 0.05) is 29.9 Å². The van der Waals surface area contributed by atoms with E-state index in [4.69, 9.17) is 23.2 Å². The molecule has 1 saturated heterocycles. The van der Waals surface area contributed by atoms with E-state index in [1.165, 1.54) is 25.3 Å². The van der Waals surface area contributed by atoms with Crippen molar-refractivity contribution in [1.82, 2.24) is 4.90 Å². The molecule has 2 N–H and O–H groups in total. The molecule has 0 spiro atoms. The zero-order valence-electron chi connectivity index (χ0n) is 16.7. The molecule has 2 aromatic rings. The number of primary amides is 1. The Morgan fingerprint density at radius 3 is 2.03 bits per heavy atom. The largest absolute Gasteiger partial charge is 0.370 e. The summed E-state index contributed by atoms with van der Waals surface area (Å²) in [7, 11) is 0. The summed E-state index contributed by atoms with van der Waals surface area (Å²) in [6.45, 7) is 2.26. The van der Waals surface area contributed by atoms with Crippen LogP contribution in [0.25, 0.3) is 0 Å². The van der Waals surface area contributed by atoms with Crippen molar-refractivity contribution in [3.05, 3.63) is 70.2 Å². The summed E-state index contributed by atoms with van der Waals surface area (Å²) in [5.74, 6) is 0.745. The Bertz CT molecular complexity index is 773. The summed E-state index contributed by atoms with van der Waals surface area (Å²) in [6, 6.07) is 17.7. The van der Waals surface area contributed by atoms with E-state index in [-0.39, 0.29) is 11.9 Å². The third-order valence-electron chi connectivity index (χ3n) is 4.70. The molecule has 0 aromatic heterocycles. The number of carbonyl (C=O) groups is 2. The molecular weight excluding hydrogens is 407 g/mol. The van der Waals surface area contributed by atoms with Crippen LogP contribution >= 0.6 is 23.2 Å². The summed E-state index contributed by atoms with van der Waals surface area (Å²) in [6.07, 6.45) is 5.39. The van der Waals surface area contributed by atoms with Gasteiger partial charge >= 0.3 is 0 Å². The van der Waals surface area contributed by atoms with Crippen LogP contribution in [0.5, 0.6) is 0 Å². The number of nitrogens with zero attached hydrogens (tertiary/aromatic N) is 1. The van der Waals surface area contributed by atoms with Crippen LogP contribution in [0.1, 0.15) is 50.6 Å². The second-order valence-electron chi connectivity index (χ2n) is 7.36. The van der Waals surface area contributed by atoms with Crippen molar-refractivity contribution in [3.63, 3.8) is 0 Å². The van der Waals surface area contributed by atoms with Crippen molar-refractivity contribution in [2.75, 3.05) is 6.54 Å². The van der Waals surface area contributed by atoms with Crippen molar-refractivity contribution in [2.45, 2.75) is 45.1 Å². The minimum absolute atomic E-state index is 0.268. The van der Waals surface area contributed by atoms with Crippen LogP contribution in [-0.4, -0.2) is 23.3 Å². The molecule has 1 saturated carbocycles. The van der Waals surface area contributed by atoms with Gasteiger partial charge in [-0.25, -0.2) is 0 Å². The fourth-order valence-corrected chi connectivity index (χ4v) is 3.45. The molecule has 29 heavy (non-hydrogen) atoms. The zero-order valence-corrected chi connectivity index (χ0v) is 18.2. The number of hydrogen-bond donors (Lipinski definition) is 1. The Kier molecular flexibility index (Phi) is 9.49. The predicted octanol–water partition coefficient (Wildman–Crippen LogP) is 5.64. The summed E-state index contributed by atoms with van der Waals surface area (Å²) in [5, 5.41) is 1.55. The fraction of sp³-hybridized carbons (Fsp3) is 0.391. The van der Waals surface area contributed by atoms with Crippen LogP contribution in [0.4, 0.5) is 0 Å². The minimum atomic E-state index is -0.333. The average molecular weight is 435 g/mol. The van der Waals surface area contributed by atoms with Gasteiger partial charge < -0.3 is 10.6 Å². The van der Waals surface area contributed by atoms with Gasteiger partial charge in [-0.3, -0.25) is 9.59 Å². The number of amides is 2. The molecule has 1 aliphatic carbocycles. The first-order valence-electron chi connectivity index (χ1n) is 9.88. The van der Waals surface area contributed by atoms with E-state index in [9.17, 15) is 9.59 Å². The molecule has 6 heteroatoms. The highest BCUT2D eigenvalue weighted by atomic mass is 35.5. The first-order valence-corrected chi connectivity index (χ1v) is 10.6. The lowest BCUT2D eigenvalue weighted by Crippen LogP contribution is -2.39. The van der Waals surface area contributed by atoms with Gasteiger partial charge in [0.15, 0.2) is 0 Å². The van der Waals surface area contributed by atoms with Crippen LogP contribution in [0.3, 0.4) is 0 Å². The van der Waals surface area contributed by atoms with E-state index in [1.807, 2.05) is 42.5 Å². The summed E-state index contributed by atoms with van der Waals surface area (Å²) < 4.78 is 0. The molecule has 2 aromatic carbocycles. The van der Waals surface area contributed by atoms with E-state index < -0.39 is 0 Å². The molecular formula is C23H28Cl2N2O2. The van der Waals surface area contributed by atoms with Gasteiger partial charge in [-0.1, -0.05) is 53.5 Å². The Morgan fingerprint density at radius 1 is 1.00 bits per heavy atom. The van der Waals surface area contributed by atoms with Crippen molar-refractivity contribution >= 4 is 35.0 Å². The predicted molar refractivity (Wildman–Crippen MR) is 119 cm³/mol.